The number of anilines is 1. The van der Waals surface area contributed by atoms with E-state index in [-0.39, 0.29) is 16.2 Å². The van der Waals surface area contributed by atoms with Gasteiger partial charge in [-0.3, -0.25) is 19.3 Å². The molecule has 0 aliphatic rings. The second-order valence-corrected chi connectivity index (χ2v) is 6.67. The van der Waals surface area contributed by atoms with E-state index in [0.717, 1.165) is 11.3 Å². The van der Waals surface area contributed by atoms with Gasteiger partial charge in [0.25, 0.3) is 5.56 Å². The Labute approximate surface area is 162 Å². The largest absolute Gasteiger partial charge is 0.494 e. The number of aryl methyl sites for hydroxylation is 1. The van der Waals surface area contributed by atoms with Gasteiger partial charge in [0.15, 0.2) is 4.77 Å². The highest BCUT2D eigenvalue weighted by Crippen LogP contribution is 2.22. The van der Waals surface area contributed by atoms with E-state index in [2.05, 4.69) is 9.98 Å². The molecule has 7 heteroatoms. The third kappa shape index (κ3) is 3.83. The van der Waals surface area contributed by atoms with Crippen LogP contribution in [0.5, 0.6) is 5.88 Å². The number of nitrogens with one attached hydrogen (secondary N) is 1. The van der Waals surface area contributed by atoms with Crippen LogP contribution in [0.3, 0.4) is 0 Å². The van der Waals surface area contributed by atoms with Crippen molar-refractivity contribution in [3.05, 3.63) is 74.8 Å². The first kappa shape index (κ1) is 18.6. The number of aromatic hydroxyl groups is 1. The van der Waals surface area contributed by atoms with Gasteiger partial charge in [0.2, 0.25) is 5.88 Å². The van der Waals surface area contributed by atoms with E-state index in [1.54, 1.807) is 0 Å². The number of H-pyrrole nitrogens is 1. The summed E-state index contributed by atoms with van der Waals surface area (Å²) in [5.74, 6) is -0.244. The van der Waals surface area contributed by atoms with Crippen molar-refractivity contribution in [2.45, 2.75) is 6.92 Å². The third-order valence-electron chi connectivity index (χ3n) is 4.19. The molecule has 0 unspecified atom stereocenters. The normalized spacial score (nSPS) is 11.1. The van der Waals surface area contributed by atoms with E-state index in [1.165, 1.54) is 10.8 Å². The molecule has 6 nitrogen and oxygen atoms in total. The van der Waals surface area contributed by atoms with Crippen LogP contribution in [0.1, 0.15) is 11.1 Å². The molecule has 0 saturated heterocycles. The number of para-hydroxylation sites is 1. The van der Waals surface area contributed by atoms with Crippen molar-refractivity contribution in [3.63, 3.8) is 0 Å². The van der Waals surface area contributed by atoms with Gasteiger partial charge in [-0.2, -0.15) is 0 Å². The van der Waals surface area contributed by atoms with Crippen molar-refractivity contribution in [1.82, 2.24) is 9.55 Å². The van der Waals surface area contributed by atoms with Gasteiger partial charge in [-0.1, -0.05) is 18.2 Å². The van der Waals surface area contributed by atoms with Crippen LogP contribution in [0.15, 0.2) is 58.3 Å². The number of aromatic amines is 1. The molecule has 0 spiro atoms. The van der Waals surface area contributed by atoms with E-state index in [4.69, 9.17) is 12.2 Å². The number of hydrogen-bond acceptors (Lipinski definition) is 5. The average Bonchev–Trinajstić information content (AvgIpc) is 2.63. The number of rotatable bonds is 4. The van der Waals surface area contributed by atoms with Crippen LogP contribution in [-0.2, 0) is 0 Å². The Morgan fingerprint density at radius 2 is 1.81 bits per heavy atom. The van der Waals surface area contributed by atoms with Gasteiger partial charge in [0.05, 0.1) is 11.4 Å². The van der Waals surface area contributed by atoms with Crippen LogP contribution in [-0.4, -0.2) is 35.0 Å². The molecule has 0 saturated carbocycles. The minimum atomic E-state index is -0.490. The quantitative estimate of drug-likeness (QED) is 0.534. The Morgan fingerprint density at radius 3 is 2.44 bits per heavy atom. The molecule has 0 atom stereocenters. The van der Waals surface area contributed by atoms with Gasteiger partial charge >= 0.3 is 0 Å². The second kappa shape index (κ2) is 7.59. The summed E-state index contributed by atoms with van der Waals surface area (Å²) in [5.41, 5.74) is 2.88. The fourth-order valence-corrected chi connectivity index (χ4v) is 2.95. The highest BCUT2D eigenvalue weighted by atomic mass is 32.1. The first-order chi connectivity index (χ1) is 12.9. The summed E-state index contributed by atoms with van der Waals surface area (Å²) < 4.78 is 1.56. The number of nitrogens with zero attached hydrogens (tertiary/aromatic N) is 3. The number of hydrogen-bond donors (Lipinski definition) is 2. The maximum absolute atomic E-state index is 12.3. The third-order valence-corrected chi connectivity index (χ3v) is 4.47. The van der Waals surface area contributed by atoms with E-state index >= 15 is 0 Å². The number of aromatic nitrogens is 2. The Kier molecular flexibility index (Phi) is 5.23. The van der Waals surface area contributed by atoms with Crippen molar-refractivity contribution in [3.8, 4) is 11.6 Å². The standard InChI is InChI=1S/C20H20N4O2S/c1-13-6-4-5-7-17(13)24-19(26)16(18(25)22-20(24)27)12-21-14-8-10-15(11-9-14)23(2)3/h4-12,26H,1-3H3,(H,22,25,27). The van der Waals surface area contributed by atoms with Crippen molar-refractivity contribution in [1.29, 1.82) is 0 Å². The fourth-order valence-electron chi connectivity index (χ4n) is 2.67. The van der Waals surface area contributed by atoms with Crippen molar-refractivity contribution in [2.24, 2.45) is 4.99 Å². The van der Waals surface area contributed by atoms with Crippen LogP contribution in [0.25, 0.3) is 5.69 Å². The molecule has 1 heterocycles. The molecular weight excluding hydrogens is 360 g/mol. The molecule has 27 heavy (non-hydrogen) atoms. The molecule has 0 amide bonds. The minimum Gasteiger partial charge on any atom is -0.494 e. The summed E-state index contributed by atoms with van der Waals surface area (Å²) in [6.45, 7) is 1.90. The molecule has 0 fully saturated rings. The SMILES string of the molecule is Cc1ccccc1-n1c(O)c(C=Nc2ccc(N(C)C)cc2)c(=O)[nH]c1=S. The highest BCUT2D eigenvalue weighted by molar-refractivity contribution is 7.71. The van der Waals surface area contributed by atoms with Gasteiger partial charge in [-0.15, -0.1) is 0 Å². The number of benzene rings is 2. The topological polar surface area (TPSA) is 73.6 Å². The van der Waals surface area contributed by atoms with Crippen molar-refractivity contribution < 1.29 is 5.11 Å². The lowest BCUT2D eigenvalue weighted by Crippen LogP contribution is -2.18. The first-order valence-electron chi connectivity index (χ1n) is 8.34. The van der Waals surface area contributed by atoms with E-state index < -0.39 is 5.56 Å². The fraction of sp³-hybridized carbons (Fsp3) is 0.150. The summed E-state index contributed by atoms with van der Waals surface area (Å²) >= 11 is 5.24. The summed E-state index contributed by atoms with van der Waals surface area (Å²) in [6.07, 6.45) is 1.35. The molecule has 3 rings (SSSR count). The molecule has 0 aliphatic heterocycles. The Bertz CT molecular complexity index is 1110. The summed E-state index contributed by atoms with van der Waals surface area (Å²) in [5, 5.41) is 10.7. The van der Waals surface area contributed by atoms with Gasteiger partial charge < -0.3 is 10.0 Å². The Balaban J connectivity index is 2.06. The van der Waals surface area contributed by atoms with Crippen LogP contribution in [0.2, 0.25) is 0 Å². The van der Waals surface area contributed by atoms with Crippen LogP contribution >= 0.6 is 12.2 Å². The van der Waals surface area contributed by atoms with Gasteiger partial charge in [0.1, 0.15) is 5.56 Å². The first-order valence-corrected chi connectivity index (χ1v) is 8.75. The Hall–Kier alpha value is -3.19. The average molecular weight is 380 g/mol. The molecule has 0 radical (unpaired) electrons. The zero-order valence-electron chi connectivity index (χ0n) is 15.3. The zero-order valence-corrected chi connectivity index (χ0v) is 16.1. The van der Waals surface area contributed by atoms with Crippen LogP contribution in [0, 0.1) is 11.7 Å². The minimum absolute atomic E-state index is 0.0449. The van der Waals surface area contributed by atoms with Gasteiger partial charge in [-0.25, -0.2) is 0 Å². The maximum atomic E-state index is 12.3. The predicted molar refractivity (Wildman–Crippen MR) is 112 cm³/mol. The lowest BCUT2D eigenvalue weighted by molar-refractivity contribution is 0.432. The van der Waals surface area contributed by atoms with Gasteiger partial charge in [0, 0.05) is 26.0 Å². The van der Waals surface area contributed by atoms with E-state index in [9.17, 15) is 9.90 Å². The second-order valence-electron chi connectivity index (χ2n) is 6.29. The molecule has 3 aromatic rings. The molecule has 2 N–H and O–H groups in total. The lowest BCUT2D eigenvalue weighted by atomic mass is 10.2. The Morgan fingerprint density at radius 1 is 1.15 bits per heavy atom. The van der Waals surface area contributed by atoms with Crippen molar-refractivity contribution >= 4 is 29.8 Å². The lowest BCUT2D eigenvalue weighted by Gasteiger charge is -2.13. The molecule has 2 aromatic carbocycles. The molecule has 0 bridgehead atoms. The van der Waals surface area contributed by atoms with Gasteiger partial charge in [-0.05, 0) is 55.0 Å². The highest BCUT2D eigenvalue weighted by Gasteiger charge is 2.13. The molecular formula is C20H20N4O2S. The number of aliphatic imine (C=N–C) groups is 1. The predicted octanol–water partition coefficient (Wildman–Crippen LogP) is 3.73. The van der Waals surface area contributed by atoms with Crippen LogP contribution in [0.4, 0.5) is 11.4 Å². The zero-order chi connectivity index (χ0) is 19.6. The summed E-state index contributed by atoms with van der Waals surface area (Å²) in [6, 6.07) is 15.0. The summed E-state index contributed by atoms with van der Waals surface area (Å²) in [4.78, 5) is 21.2. The monoisotopic (exact) mass is 380 g/mol. The molecule has 0 aliphatic carbocycles. The summed E-state index contributed by atoms with van der Waals surface area (Å²) in [7, 11) is 3.91. The van der Waals surface area contributed by atoms with E-state index in [1.807, 2.05) is 74.4 Å². The molecule has 1 aromatic heterocycles. The smallest absolute Gasteiger partial charge is 0.264 e. The molecule has 138 valence electrons. The van der Waals surface area contributed by atoms with E-state index in [0.29, 0.717) is 11.4 Å². The maximum Gasteiger partial charge on any atom is 0.264 e. The van der Waals surface area contributed by atoms with Crippen molar-refractivity contribution in [2.75, 3.05) is 19.0 Å². The van der Waals surface area contributed by atoms with Crippen LogP contribution < -0.4 is 10.5 Å².